The van der Waals surface area contributed by atoms with Crippen LogP contribution >= 0.6 is 31.9 Å². The normalized spacial score (nSPS) is 11.7. The second-order valence-corrected chi connectivity index (χ2v) is 5.89. The number of aryl methyl sites for hydroxylation is 1. The van der Waals surface area contributed by atoms with E-state index in [9.17, 15) is 18.0 Å². The monoisotopic (exact) mass is 424 g/mol. The summed E-state index contributed by atoms with van der Waals surface area (Å²) in [4.78, 5) is 12.5. The van der Waals surface area contributed by atoms with Gasteiger partial charge in [0.2, 0.25) is 5.78 Å². The van der Waals surface area contributed by atoms with E-state index in [0.29, 0.717) is 15.5 Å². The highest BCUT2D eigenvalue weighted by atomic mass is 79.9. The Bertz CT molecular complexity index is 695. The molecule has 0 aliphatic rings. The molecule has 0 radical (unpaired) electrons. The molecule has 0 aliphatic carbocycles. The van der Waals surface area contributed by atoms with Gasteiger partial charge >= 0.3 is 6.18 Å². The molecule has 2 rings (SSSR count). The van der Waals surface area contributed by atoms with Crippen molar-refractivity contribution in [1.82, 2.24) is 9.78 Å². The summed E-state index contributed by atoms with van der Waals surface area (Å²) in [5.74, 6) is -0.529. The van der Waals surface area contributed by atoms with E-state index >= 15 is 0 Å². The van der Waals surface area contributed by atoms with Gasteiger partial charge in [-0.05, 0) is 41.1 Å². The predicted octanol–water partition coefficient (Wildman–Crippen LogP) is 4.68. The molecule has 3 nitrogen and oxygen atoms in total. The van der Waals surface area contributed by atoms with Gasteiger partial charge in [0.25, 0.3) is 0 Å². The van der Waals surface area contributed by atoms with Crippen LogP contribution in [0.15, 0.2) is 33.3 Å². The standard InChI is InChI=1S/C13H9Br2F3N2O/c1-2-20-11(10(15)6-19-20)12(21)8-5-7(13(16,17)18)3-4-9(8)14/h3-6H,2H2,1H3. The van der Waals surface area contributed by atoms with E-state index in [1.54, 1.807) is 6.92 Å². The highest BCUT2D eigenvalue weighted by Gasteiger charge is 2.32. The molecule has 0 fully saturated rings. The fourth-order valence-electron chi connectivity index (χ4n) is 1.83. The van der Waals surface area contributed by atoms with Crippen LogP contribution in [0.3, 0.4) is 0 Å². The molecule has 1 aromatic carbocycles. The molecular formula is C13H9Br2F3N2O. The molecule has 112 valence electrons. The minimum Gasteiger partial charge on any atom is -0.287 e. The molecule has 8 heteroatoms. The lowest BCUT2D eigenvalue weighted by Crippen LogP contribution is -2.13. The molecule has 0 N–H and O–H groups in total. The molecule has 0 saturated carbocycles. The Hall–Kier alpha value is -1.15. The Morgan fingerprint density at radius 2 is 1.95 bits per heavy atom. The zero-order chi connectivity index (χ0) is 15.8. The van der Waals surface area contributed by atoms with Gasteiger partial charge in [0.15, 0.2) is 0 Å². The van der Waals surface area contributed by atoms with Crippen LogP contribution in [0.2, 0.25) is 0 Å². The minimum atomic E-state index is -4.50. The average molecular weight is 426 g/mol. The minimum absolute atomic E-state index is 0.0549. The number of hydrogen-bond donors (Lipinski definition) is 0. The Morgan fingerprint density at radius 3 is 2.52 bits per heavy atom. The van der Waals surface area contributed by atoms with Crippen LogP contribution in [-0.4, -0.2) is 15.6 Å². The van der Waals surface area contributed by atoms with Gasteiger partial charge in [-0.2, -0.15) is 18.3 Å². The van der Waals surface area contributed by atoms with Crippen molar-refractivity contribution in [1.29, 1.82) is 0 Å². The van der Waals surface area contributed by atoms with Gasteiger partial charge in [-0.3, -0.25) is 9.48 Å². The third-order valence-corrected chi connectivity index (χ3v) is 4.12. The van der Waals surface area contributed by atoms with E-state index in [0.717, 1.165) is 12.1 Å². The molecule has 2 aromatic rings. The summed E-state index contributed by atoms with van der Waals surface area (Å²) in [6.45, 7) is 2.22. The summed E-state index contributed by atoms with van der Waals surface area (Å²) < 4.78 is 40.5. The Labute approximate surface area is 135 Å². The molecule has 0 saturated heterocycles. The van der Waals surface area contributed by atoms with Gasteiger partial charge in [0.05, 0.1) is 16.2 Å². The van der Waals surface area contributed by atoms with E-state index in [-0.39, 0.29) is 11.3 Å². The molecule has 0 unspecified atom stereocenters. The quantitative estimate of drug-likeness (QED) is 0.669. The van der Waals surface area contributed by atoms with Crippen LogP contribution in [0.1, 0.15) is 28.5 Å². The average Bonchev–Trinajstić information content (AvgIpc) is 2.78. The maximum atomic E-state index is 12.8. The number of aromatic nitrogens is 2. The fourth-order valence-corrected chi connectivity index (χ4v) is 2.73. The number of ketones is 1. The molecule has 1 aromatic heterocycles. The van der Waals surface area contributed by atoms with E-state index in [1.807, 2.05) is 0 Å². The van der Waals surface area contributed by atoms with Crippen molar-refractivity contribution in [2.45, 2.75) is 19.6 Å². The van der Waals surface area contributed by atoms with Crippen LogP contribution in [0.25, 0.3) is 0 Å². The lowest BCUT2D eigenvalue weighted by molar-refractivity contribution is -0.137. The number of nitrogens with zero attached hydrogens (tertiary/aromatic N) is 2. The summed E-state index contributed by atoms with van der Waals surface area (Å²) in [6, 6.07) is 2.98. The summed E-state index contributed by atoms with van der Waals surface area (Å²) in [6.07, 6.45) is -3.06. The van der Waals surface area contributed by atoms with Crippen molar-refractivity contribution in [3.05, 3.63) is 50.2 Å². The summed E-state index contributed by atoms with van der Waals surface area (Å²) in [7, 11) is 0. The van der Waals surface area contributed by atoms with Crippen LogP contribution in [0, 0.1) is 0 Å². The smallest absolute Gasteiger partial charge is 0.287 e. The maximum absolute atomic E-state index is 12.8. The number of hydrogen-bond acceptors (Lipinski definition) is 2. The Balaban J connectivity index is 2.55. The van der Waals surface area contributed by atoms with Gasteiger partial charge in [-0.1, -0.05) is 15.9 Å². The van der Waals surface area contributed by atoms with Crippen molar-refractivity contribution in [2.75, 3.05) is 0 Å². The molecule has 1 heterocycles. The van der Waals surface area contributed by atoms with Crippen LogP contribution in [-0.2, 0) is 12.7 Å². The molecule has 0 bridgehead atoms. The Morgan fingerprint density at radius 1 is 1.29 bits per heavy atom. The highest BCUT2D eigenvalue weighted by Crippen LogP contribution is 2.33. The largest absolute Gasteiger partial charge is 0.416 e. The van der Waals surface area contributed by atoms with Crippen molar-refractivity contribution < 1.29 is 18.0 Å². The van der Waals surface area contributed by atoms with Crippen LogP contribution < -0.4 is 0 Å². The number of rotatable bonds is 3. The molecule has 0 aliphatic heterocycles. The lowest BCUT2D eigenvalue weighted by Gasteiger charge is -2.11. The first-order valence-corrected chi connectivity index (χ1v) is 7.47. The molecule has 0 amide bonds. The summed E-state index contributed by atoms with van der Waals surface area (Å²) >= 11 is 6.32. The van der Waals surface area contributed by atoms with Crippen molar-refractivity contribution in [3.8, 4) is 0 Å². The second kappa shape index (κ2) is 5.92. The Kier molecular flexibility index (Phi) is 4.57. The SMILES string of the molecule is CCn1ncc(Br)c1C(=O)c1cc(C(F)(F)F)ccc1Br. The van der Waals surface area contributed by atoms with Gasteiger partial charge in [-0.15, -0.1) is 0 Å². The molecule has 0 spiro atoms. The number of carbonyl (C=O) groups excluding carboxylic acids is 1. The topological polar surface area (TPSA) is 34.9 Å². The van der Waals surface area contributed by atoms with Gasteiger partial charge in [0, 0.05) is 16.6 Å². The van der Waals surface area contributed by atoms with Gasteiger partial charge in [0.1, 0.15) is 5.69 Å². The van der Waals surface area contributed by atoms with Crippen LogP contribution in [0.5, 0.6) is 0 Å². The van der Waals surface area contributed by atoms with Gasteiger partial charge in [-0.25, -0.2) is 0 Å². The summed E-state index contributed by atoms with van der Waals surface area (Å²) in [5.41, 5.74) is -0.703. The predicted molar refractivity (Wildman–Crippen MR) is 78.2 cm³/mol. The third-order valence-electron chi connectivity index (χ3n) is 2.85. The first-order valence-electron chi connectivity index (χ1n) is 5.88. The van der Waals surface area contributed by atoms with E-state index in [1.165, 1.54) is 16.9 Å². The van der Waals surface area contributed by atoms with E-state index in [4.69, 9.17) is 0 Å². The molecular weight excluding hydrogens is 417 g/mol. The van der Waals surface area contributed by atoms with E-state index < -0.39 is 17.5 Å². The lowest BCUT2D eigenvalue weighted by atomic mass is 10.0. The molecule has 21 heavy (non-hydrogen) atoms. The first kappa shape index (κ1) is 16.2. The third kappa shape index (κ3) is 3.21. The molecule has 0 atom stereocenters. The number of alkyl halides is 3. The second-order valence-electron chi connectivity index (χ2n) is 4.18. The highest BCUT2D eigenvalue weighted by molar-refractivity contribution is 9.10. The van der Waals surface area contributed by atoms with Crippen molar-refractivity contribution in [3.63, 3.8) is 0 Å². The van der Waals surface area contributed by atoms with Crippen molar-refractivity contribution >= 4 is 37.6 Å². The zero-order valence-electron chi connectivity index (χ0n) is 10.7. The van der Waals surface area contributed by atoms with Gasteiger partial charge < -0.3 is 0 Å². The van der Waals surface area contributed by atoms with Crippen LogP contribution in [0.4, 0.5) is 13.2 Å². The number of carbonyl (C=O) groups is 1. The number of benzene rings is 1. The van der Waals surface area contributed by atoms with E-state index in [2.05, 4.69) is 37.0 Å². The van der Waals surface area contributed by atoms with Crippen molar-refractivity contribution in [2.24, 2.45) is 0 Å². The first-order chi connectivity index (χ1) is 9.75. The maximum Gasteiger partial charge on any atom is 0.416 e. The number of halogens is 5. The zero-order valence-corrected chi connectivity index (χ0v) is 13.9. The fraction of sp³-hybridized carbons (Fsp3) is 0.231. The summed E-state index contributed by atoms with van der Waals surface area (Å²) in [5, 5.41) is 3.99.